The number of hydrogen-bond donors (Lipinski definition) is 1. The molecular weight excluding hydrogens is 418 g/mol. The fraction of sp³-hybridized carbons (Fsp3) is 0.273. The summed E-state index contributed by atoms with van der Waals surface area (Å²) in [6, 6.07) is 12.0. The Morgan fingerprint density at radius 2 is 1.71 bits per heavy atom. The molecule has 6 heteroatoms. The van der Waals surface area contributed by atoms with Crippen LogP contribution in [-0.4, -0.2) is 22.3 Å². The highest BCUT2D eigenvalue weighted by Gasteiger charge is 2.18. The van der Waals surface area contributed by atoms with Crippen molar-refractivity contribution in [2.45, 2.75) is 27.7 Å². The minimum absolute atomic E-state index is 0.0608. The Labute approximate surface area is 173 Å². The quantitative estimate of drug-likeness (QED) is 0.598. The van der Waals surface area contributed by atoms with Crippen molar-refractivity contribution in [1.82, 2.24) is 9.78 Å². The van der Waals surface area contributed by atoms with Gasteiger partial charge in [0.05, 0.1) is 5.69 Å². The molecular formula is C22H24BrN3O2. The van der Waals surface area contributed by atoms with E-state index in [-0.39, 0.29) is 12.5 Å². The van der Waals surface area contributed by atoms with Gasteiger partial charge in [0, 0.05) is 17.1 Å². The Balaban J connectivity index is 1.79. The fourth-order valence-corrected chi connectivity index (χ4v) is 3.73. The molecule has 1 amide bonds. The summed E-state index contributed by atoms with van der Waals surface area (Å²) >= 11 is 3.45. The minimum atomic E-state index is -0.222. The molecule has 28 heavy (non-hydrogen) atoms. The molecule has 146 valence electrons. The summed E-state index contributed by atoms with van der Waals surface area (Å²) in [7, 11) is 1.82. The number of nitrogens with one attached hydrogen (secondary N) is 1. The molecule has 1 aromatic heterocycles. The van der Waals surface area contributed by atoms with E-state index in [1.54, 1.807) is 4.68 Å². The lowest BCUT2D eigenvalue weighted by Gasteiger charge is -2.14. The Morgan fingerprint density at radius 1 is 1.11 bits per heavy atom. The molecule has 0 aliphatic heterocycles. The van der Waals surface area contributed by atoms with Crippen LogP contribution in [0.1, 0.15) is 22.4 Å². The summed E-state index contributed by atoms with van der Waals surface area (Å²) in [4.78, 5) is 12.6. The number of hydrogen-bond acceptors (Lipinski definition) is 3. The van der Waals surface area contributed by atoms with E-state index in [1.807, 2.05) is 59.0 Å². The first-order valence-corrected chi connectivity index (χ1v) is 9.85. The van der Waals surface area contributed by atoms with Gasteiger partial charge in [-0.1, -0.05) is 45.8 Å². The number of aromatic nitrogens is 2. The van der Waals surface area contributed by atoms with E-state index in [9.17, 15) is 4.79 Å². The zero-order valence-corrected chi connectivity index (χ0v) is 18.3. The number of rotatable bonds is 5. The molecule has 0 unspecified atom stereocenters. The van der Waals surface area contributed by atoms with Gasteiger partial charge in [0.25, 0.3) is 5.91 Å². The first-order chi connectivity index (χ1) is 13.3. The second-order valence-corrected chi connectivity index (χ2v) is 7.92. The smallest absolute Gasteiger partial charge is 0.263 e. The summed E-state index contributed by atoms with van der Waals surface area (Å²) in [5.74, 6) is 1.20. The zero-order valence-electron chi connectivity index (χ0n) is 16.8. The highest BCUT2D eigenvalue weighted by Crippen LogP contribution is 2.32. The van der Waals surface area contributed by atoms with Crippen LogP contribution in [0.15, 0.2) is 40.9 Å². The predicted octanol–water partition coefficient (Wildman–Crippen LogP) is 5.10. The van der Waals surface area contributed by atoms with Gasteiger partial charge in [0.15, 0.2) is 6.61 Å². The van der Waals surface area contributed by atoms with Gasteiger partial charge in [0.1, 0.15) is 11.6 Å². The van der Waals surface area contributed by atoms with Gasteiger partial charge < -0.3 is 10.1 Å². The fourth-order valence-electron chi connectivity index (χ4n) is 3.46. The summed E-state index contributed by atoms with van der Waals surface area (Å²) in [6.07, 6.45) is 0. The average Bonchev–Trinajstić information content (AvgIpc) is 2.88. The monoisotopic (exact) mass is 441 g/mol. The highest BCUT2D eigenvalue weighted by atomic mass is 79.9. The lowest BCUT2D eigenvalue weighted by Crippen LogP contribution is -2.22. The van der Waals surface area contributed by atoms with E-state index in [4.69, 9.17) is 4.74 Å². The molecule has 0 atom stereocenters. The molecule has 0 saturated heterocycles. The van der Waals surface area contributed by atoms with Crippen LogP contribution in [0.2, 0.25) is 0 Å². The van der Waals surface area contributed by atoms with Crippen molar-refractivity contribution in [3.05, 3.63) is 63.3 Å². The first kappa shape index (κ1) is 20.1. The molecule has 5 nitrogen and oxygen atoms in total. The third-order valence-electron chi connectivity index (χ3n) is 4.57. The van der Waals surface area contributed by atoms with Crippen molar-refractivity contribution < 1.29 is 9.53 Å². The van der Waals surface area contributed by atoms with Gasteiger partial charge in [-0.25, -0.2) is 0 Å². The largest absolute Gasteiger partial charge is 0.483 e. The van der Waals surface area contributed by atoms with Crippen LogP contribution in [-0.2, 0) is 11.8 Å². The lowest BCUT2D eigenvalue weighted by molar-refractivity contribution is -0.118. The van der Waals surface area contributed by atoms with Crippen molar-refractivity contribution in [3.8, 4) is 16.9 Å². The third-order valence-corrected chi connectivity index (χ3v) is 5.09. The Morgan fingerprint density at radius 3 is 2.32 bits per heavy atom. The molecule has 1 heterocycles. The second kappa shape index (κ2) is 8.19. The van der Waals surface area contributed by atoms with E-state index >= 15 is 0 Å². The van der Waals surface area contributed by atoms with Crippen LogP contribution in [0.4, 0.5) is 5.82 Å². The van der Waals surface area contributed by atoms with Crippen LogP contribution >= 0.6 is 15.9 Å². The predicted molar refractivity (Wildman–Crippen MR) is 116 cm³/mol. The molecule has 0 aliphatic carbocycles. The van der Waals surface area contributed by atoms with Crippen LogP contribution in [0.25, 0.3) is 11.1 Å². The summed E-state index contributed by atoms with van der Waals surface area (Å²) in [6.45, 7) is 7.90. The van der Waals surface area contributed by atoms with Gasteiger partial charge in [-0.3, -0.25) is 9.48 Å². The number of carbonyl (C=O) groups excluding carboxylic acids is 1. The van der Waals surface area contributed by atoms with E-state index in [2.05, 4.69) is 38.5 Å². The standard InChI is InChI=1S/C22H24BrN3O2/c1-13-10-14(2)21(15(3)11-13)28-12-19(27)24-22-20(16(4)25-26(22)5)17-6-8-18(23)9-7-17/h6-11H,12H2,1-5H3,(H,24,27). The molecule has 0 radical (unpaired) electrons. The maximum absolute atomic E-state index is 12.6. The van der Waals surface area contributed by atoms with Gasteiger partial charge in [-0.2, -0.15) is 5.10 Å². The number of ether oxygens (including phenoxy) is 1. The molecule has 0 bridgehead atoms. The second-order valence-electron chi connectivity index (χ2n) is 7.00. The van der Waals surface area contributed by atoms with Crippen molar-refractivity contribution in [3.63, 3.8) is 0 Å². The van der Waals surface area contributed by atoms with E-state index < -0.39 is 0 Å². The van der Waals surface area contributed by atoms with Crippen molar-refractivity contribution in [1.29, 1.82) is 0 Å². The lowest BCUT2D eigenvalue weighted by atomic mass is 10.1. The van der Waals surface area contributed by atoms with Crippen LogP contribution in [0.3, 0.4) is 0 Å². The molecule has 0 spiro atoms. The van der Waals surface area contributed by atoms with Crippen LogP contribution < -0.4 is 10.1 Å². The Kier molecular flexibility index (Phi) is 5.89. The van der Waals surface area contributed by atoms with E-state index in [1.165, 1.54) is 5.56 Å². The van der Waals surface area contributed by atoms with Crippen molar-refractivity contribution in [2.75, 3.05) is 11.9 Å². The van der Waals surface area contributed by atoms with Crippen molar-refractivity contribution >= 4 is 27.7 Å². The minimum Gasteiger partial charge on any atom is -0.483 e. The van der Waals surface area contributed by atoms with Crippen molar-refractivity contribution in [2.24, 2.45) is 7.05 Å². The zero-order chi connectivity index (χ0) is 20.4. The molecule has 0 saturated carbocycles. The number of benzene rings is 2. The van der Waals surface area contributed by atoms with Gasteiger partial charge in [0.2, 0.25) is 0 Å². The Bertz CT molecular complexity index is 1000. The molecule has 3 aromatic rings. The van der Waals surface area contributed by atoms with Gasteiger partial charge in [-0.15, -0.1) is 0 Å². The molecule has 2 aromatic carbocycles. The SMILES string of the molecule is Cc1cc(C)c(OCC(=O)Nc2c(-c3ccc(Br)cc3)c(C)nn2C)c(C)c1. The van der Waals surface area contributed by atoms with Crippen LogP contribution in [0, 0.1) is 27.7 Å². The number of aryl methyl sites for hydroxylation is 5. The number of carbonyl (C=O) groups is 1. The topological polar surface area (TPSA) is 56.1 Å². The number of amides is 1. The maximum atomic E-state index is 12.6. The molecule has 0 aliphatic rings. The van der Waals surface area contributed by atoms with E-state index in [0.29, 0.717) is 5.82 Å². The average molecular weight is 442 g/mol. The van der Waals surface area contributed by atoms with E-state index in [0.717, 1.165) is 38.2 Å². The molecule has 0 fully saturated rings. The number of halogens is 1. The summed E-state index contributed by atoms with van der Waals surface area (Å²) < 4.78 is 8.50. The van der Waals surface area contributed by atoms with Crippen LogP contribution in [0.5, 0.6) is 5.75 Å². The molecule has 1 N–H and O–H groups in total. The Hall–Kier alpha value is -2.60. The summed E-state index contributed by atoms with van der Waals surface area (Å²) in [5, 5.41) is 7.43. The van der Waals surface area contributed by atoms with Gasteiger partial charge in [-0.05, 0) is 56.5 Å². The maximum Gasteiger partial charge on any atom is 0.263 e. The summed E-state index contributed by atoms with van der Waals surface area (Å²) in [5.41, 5.74) is 5.98. The highest BCUT2D eigenvalue weighted by molar-refractivity contribution is 9.10. The number of anilines is 1. The van der Waals surface area contributed by atoms with Gasteiger partial charge >= 0.3 is 0 Å². The normalized spacial score (nSPS) is 10.8. The third kappa shape index (κ3) is 4.28. The number of nitrogens with zero attached hydrogens (tertiary/aromatic N) is 2. The first-order valence-electron chi connectivity index (χ1n) is 9.06. The molecule has 3 rings (SSSR count).